The Kier molecular flexibility index (Phi) is 6.82. The summed E-state index contributed by atoms with van der Waals surface area (Å²) >= 11 is 0. The first-order valence-corrected chi connectivity index (χ1v) is 11.3. The maximum atomic E-state index is 14.1. The molecule has 1 aromatic heterocycles. The molecule has 0 unspecified atom stereocenters. The molecule has 8 nitrogen and oxygen atoms in total. The number of urea groups is 1. The number of para-hydroxylation sites is 1. The molecule has 4 amide bonds. The molecular formula is C27H27N3O5. The van der Waals surface area contributed by atoms with E-state index in [0.717, 1.165) is 16.2 Å². The van der Waals surface area contributed by atoms with Crippen molar-refractivity contribution in [2.75, 3.05) is 19.1 Å². The summed E-state index contributed by atoms with van der Waals surface area (Å²) in [6.07, 6.45) is 2.28. The van der Waals surface area contributed by atoms with Gasteiger partial charge in [0.15, 0.2) is 11.5 Å². The molecule has 0 radical (unpaired) electrons. The second-order valence-corrected chi connectivity index (χ2v) is 8.46. The number of hydrogen-bond acceptors (Lipinski definition) is 6. The molecule has 2 aromatic carbocycles. The standard InChI is InChI=1S/C27H27N3O5/c1-18-8-4-5-10-21(18)30-25(32)27(24(31)29-26(30)33,14-13-20-9-6-7-15-28-20)17-19-11-12-22(34-2)23(16-19)35-3/h4-12,15-16H,13-14,17H2,1-3H3,(H,29,31,33)/t27-/m0/s1. The average molecular weight is 474 g/mol. The number of benzene rings is 2. The first-order chi connectivity index (χ1) is 16.9. The molecule has 35 heavy (non-hydrogen) atoms. The third kappa shape index (κ3) is 4.59. The molecular weight excluding hydrogens is 446 g/mol. The van der Waals surface area contributed by atoms with Gasteiger partial charge in [-0.2, -0.15) is 0 Å². The van der Waals surface area contributed by atoms with Crippen LogP contribution in [0.3, 0.4) is 0 Å². The number of carbonyl (C=O) groups is 3. The fraction of sp³-hybridized carbons (Fsp3) is 0.259. The fourth-order valence-electron chi connectivity index (χ4n) is 4.40. The maximum Gasteiger partial charge on any atom is 0.335 e. The molecule has 4 rings (SSSR count). The van der Waals surface area contributed by atoms with Gasteiger partial charge in [0.1, 0.15) is 5.41 Å². The van der Waals surface area contributed by atoms with Crippen molar-refractivity contribution in [3.8, 4) is 11.5 Å². The van der Waals surface area contributed by atoms with Crippen LogP contribution in [0.1, 0.15) is 23.2 Å². The van der Waals surface area contributed by atoms with Gasteiger partial charge in [0, 0.05) is 11.9 Å². The zero-order valence-electron chi connectivity index (χ0n) is 19.9. The first kappa shape index (κ1) is 23.9. The maximum absolute atomic E-state index is 14.1. The Hall–Kier alpha value is -4.20. The zero-order chi connectivity index (χ0) is 25.0. The number of rotatable bonds is 8. The van der Waals surface area contributed by atoms with Crippen molar-refractivity contribution in [3.05, 3.63) is 83.7 Å². The van der Waals surface area contributed by atoms with Crippen molar-refractivity contribution >= 4 is 23.5 Å². The van der Waals surface area contributed by atoms with Crippen LogP contribution < -0.4 is 19.7 Å². The number of pyridine rings is 1. The lowest BCUT2D eigenvalue weighted by atomic mass is 9.74. The van der Waals surface area contributed by atoms with Gasteiger partial charge in [-0.1, -0.05) is 30.3 Å². The quantitative estimate of drug-likeness (QED) is 0.499. The van der Waals surface area contributed by atoms with E-state index in [4.69, 9.17) is 9.47 Å². The van der Waals surface area contributed by atoms with Crippen molar-refractivity contribution in [1.82, 2.24) is 10.3 Å². The van der Waals surface area contributed by atoms with Crippen molar-refractivity contribution < 1.29 is 23.9 Å². The van der Waals surface area contributed by atoms with Crippen LogP contribution in [0.15, 0.2) is 66.9 Å². The highest BCUT2D eigenvalue weighted by Crippen LogP contribution is 2.39. The largest absolute Gasteiger partial charge is 0.493 e. The lowest BCUT2D eigenvalue weighted by molar-refractivity contribution is -0.143. The Morgan fingerprint density at radius 2 is 1.69 bits per heavy atom. The minimum Gasteiger partial charge on any atom is -0.493 e. The second kappa shape index (κ2) is 9.97. The van der Waals surface area contributed by atoms with Crippen LogP contribution in [0, 0.1) is 12.3 Å². The number of barbiturate groups is 1. The number of aryl methyl sites for hydroxylation is 2. The van der Waals surface area contributed by atoms with Crippen molar-refractivity contribution in [2.24, 2.45) is 5.41 Å². The molecule has 1 N–H and O–H groups in total. The summed E-state index contributed by atoms with van der Waals surface area (Å²) in [4.78, 5) is 45.9. The highest BCUT2D eigenvalue weighted by molar-refractivity contribution is 6.30. The molecule has 0 spiro atoms. The predicted octanol–water partition coefficient (Wildman–Crippen LogP) is 3.85. The highest BCUT2D eigenvalue weighted by atomic mass is 16.5. The van der Waals surface area contributed by atoms with E-state index in [-0.39, 0.29) is 12.8 Å². The Labute approximate surface area is 203 Å². The Morgan fingerprint density at radius 3 is 2.37 bits per heavy atom. The minimum absolute atomic E-state index is 0.0700. The van der Waals surface area contributed by atoms with Crippen LogP contribution in [0.4, 0.5) is 10.5 Å². The molecule has 1 fully saturated rings. The van der Waals surface area contributed by atoms with E-state index in [1.165, 1.54) is 14.2 Å². The van der Waals surface area contributed by atoms with Crippen LogP contribution in [-0.2, 0) is 22.4 Å². The topological polar surface area (TPSA) is 97.8 Å². The van der Waals surface area contributed by atoms with E-state index in [1.54, 1.807) is 42.6 Å². The molecule has 1 aliphatic heterocycles. The van der Waals surface area contributed by atoms with E-state index in [0.29, 0.717) is 29.2 Å². The third-order valence-corrected chi connectivity index (χ3v) is 6.31. The number of ether oxygens (including phenoxy) is 2. The van der Waals surface area contributed by atoms with E-state index in [2.05, 4.69) is 10.3 Å². The number of carbonyl (C=O) groups excluding carboxylic acids is 3. The van der Waals surface area contributed by atoms with Crippen molar-refractivity contribution in [1.29, 1.82) is 0 Å². The van der Waals surface area contributed by atoms with Gasteiger partial charge in [-0.25, -0.2) is 9.69 Å². The summed E-state index contributed by atoms with van der Waals surface area (Å²) in [6.45, 7) is 1.82. The molecule has 180 valence electrons. The Bertz CT molecular complexity index is 1260. The molecule has 1 saturated heterocycles. The Morgan fingerprint density at radius 1 is 0.943 bits per heavy atom. The van der Waals surface area contributed by atoms with Gasteiger partial charge in [-0.15, -0.1) is 0 Å². The lowest BCUT2D eigenvalue weighted by Crippen LogP contribution is -2.65. The minimum atomic E-state index is -1.53. The van der Waals surface area contributed by atoms with Crippen LogP contribution in [-0.4, -0.2) is 37.0 Å². The number of nitrogens with zero attached hydrogens (tertiary/aromatic N) is 2. The van der Waals surface area contributed by atoms with Gasteiger partial charge in [-0.05, 0) is 67.6 Å². The number of methoxy groups -OCH3 is 2. The second-order valence-electron chi connectivity index (χ2n) is 8.46. The van der Waals surface area contributed by atoms with E-state index < -0.39 is 23.3 Å². The summed E-state index contributed by atoms with van der Waals surface area (Å²) < 4.78 is 10.7. The van der Waals surface area contributed by atoms with Gasteiger partial charge in [0.05, 0.1) is 19.9 Å². The lowest BCUT2D eigenvalue weighted by Gasteiger charge is -2.40. The monoisotopic (exact) mass is 473 g/mol. The molecule has 0 bridgehead atoms. The first-order valence-electron chi connectivity index (χ1n) is 11.3. The summed E-state index contributed by atoms with van der Waals surface area (Å²) in [7, 11) is 3.06. The molecule has 8 heteroatoms. The number of imide groups is 2. The number of nitrogens with one attached hydrogen (secondary N) is 1. The van der Waals surface area contributed by atoms with Crippen LogP contribution in [0.25, 0.3) is 0 Å². The van der Waals surface area contributed by atoms with E-state index in [1.807, 2.05) is 31.2 Å². The van der Waals surface area contributed by atoms with Crippen molar-refractivity contribution in [2.45, 2.75) is 26.2 Å². The normalized spacial score (nSPS) is 17.8. The van der Waals surface area contributed by atoms with Crippen molar-refractivity contribution in [3.63, 3.8) is 0 Å². The summed E-state index contributed by atoms with van der Waals surface area (Å²) in [5.41, 5.74) is 1.10. The van der Waals surface area contributed by atoms with Gasteiger partial charge >= 0.3 is 6.03 Å². The molecule has 2 heterocycles. The average Bonchev–Trinajstić information content (AvgIpc) is 2.87. The molecule has 1 atom stereocenters. The number of hydrogen-bond donors (Lipinski definition) is 1. The predicted molar refractivity (Wildman–Crippen MR) is 130 cm³/mol. The molecule has 3 aromatic rings. The van der Waals surface area contributed by atoms with Gasteiger partial charge in [-0.3, -0.25) is 19.9 Å². The molecule has 0 aliphatic carbocycles. The van der Waals surface area contributed by atoms with E-state index in [9.17, 15) is 14.4 Å². The van der Waals surface area contributed by atoms with Gasteiger partial charge in [0.2, 0.25) is 5.91 Å². The molecule has 0 saturated carbocycles. The van der Waals surface area contributed by atoms with Gasteiger partial charge in [0.25, 0.3) is 5.91 Å². The van der Waals surface area contributed by atoms with E-state index >= 15 is 0 Å². The number of amides is 4. The summed E-state index contributed by atoms with van der Waals surface area (Å²) in [5.74, 6) is -0.162. The Balaban J connectivity index is 1.79. The van der Waals surface area contributed by atoms with Gasteiger partial charge < -0.3 is 9.47 Å². The fourth-order valence-corrected chi connectivity index (χ4v) is 4.40. The molecule has 1 aliphatic rings. The SMILES string of the molecule is COc1ccc(C[C@@]2(CCc3ccccn3)C(=O)NC(=O)N(c3ccccc3C)C2=O)cc1OC. The number of aromatic nitrogens is 1. The van der Waals surface area contributed by atoms with Crippen LogP contribution in [0.2, 0.25) is 0 Å². The van der Waals surface area contributed by atoms with Crippen LogP contribution >= 0.6 is 0 Å². The summed E-state index contributed by atoms with van der Waals surface area (Å²) in [6, 6.07) is 17.1. The third-order valence-electron chi connectivity index (χ3n) is 6.31. The number of anilines is 1. The smallest absolute Gasteiger partial charge is 0.335 e. The van der Waals surface area contributed by atoms with Crippen LogP contribution in [0.5, 0.6) is 11.5 Å². The zero-order valence-corrected chi connectivity index (χ0v) is 19.9. The summed E-state index contributed by atoms with van der Waals surface area (Å²) in [5, 5.41) is 2.43. The highest BCUT2D eigenvalue weighted by Gasteiger charge is 2.54.